The lowest BCUT2D eigenvalue weighted by atomic mass is 9.95. The molecule has 0 atom stereocenters. The number of benzene rings is 3. The van der Waals surface area contributed by atoms with E-state index in [-0.39, 0.29) is 5.88 Å². The van der Waals surface area contributed by atoms with Crippen molar-refractivity contribution >= 4 is 34.0 Å². The second-order valence-corrected chi connectivity index (χ2v) is 9.18. The zero-order valence-corrected chi connectivity index (χ0v) is 20.5. The molecule has 36 heavy (non-hydrogen) atoms. The van der Waals surface area contributed by atoms with Crippen LogP contribution in [-0.2, 0) is 4.74 Å². The Balaban J connectivity index is 1.52. The molecule has 0 unspecified atom stereocenters. The average Bonchev–Trinajstić information content (AvgIpc) is 3.24. The van der Waals surface area contributed by atoms with E-state index in [4.69, 9.17) is 9.73 Å². The molecule has 0 radical (unpaired) electrons. The predicted molar refractivity (Wildman–Crippen MR) is 145 cm³/mol. The average molecular weight is 482 g/mol. The van der Waals surface area contributed by atoms with Gasteiger partial charge in [0.1, 0.15) is 0 Å². The second kappa shape index (κ2) is 10.7. The van der Waals surface area contributed by atoms with Gasteiger partial charge in [0.05, 0.1) is 29.1 Å². The van der Waals surface area contributed by atoms with Crippen molar-refractivity contribution in [2.75, 3.05) is 11.9 Å². The molecule has 3 aromatic carbocycles. The van der Waals surface area contributed by atoms with Gasteiger partial charge in [-0.2, -0.15) is 0 Å². The minimum atomic E-state index is -0.395. The van der Waals surface area contributed by atoms with Crippen molar-refractivity contribution in [3.05, 3.63) is 89.5 Å². The summed E-state index contributed by atoms with van der Waals surface area (Å²) < 4.78 is 5.12. The van der Waals surface area contributed by atoms with Crippen LogP contribution in [-0.4, -0.2) is 34.4 Å². The summed E-state index contributed by atoms with van der Waals surface area (Å²) in [6.07, 6.45) is 6.34. The molecular formula is C30H31N3O3. The van der Waals surface area contributed by atoms with Gasteiger partial charge in [-0.05, 0) is 56.2 Å². The monoisotopic (exact) mass is 481 g/mol. The first-order valence-corrected chi connectivity index (χ1v) is 12.7. The van der Waals surface area contributed by atoms with Gasteiger partial charge in [-0.15, -0.1) is 0 Å². The Bertz CT molecular complexity index is 1370. The maximum atomic E-state index is 12.2. The highest BCUT2D eigenvalue weighted by Gasteiger charge is 2.20. The largest absolute Gasteiger partial charge is 0.494 e. The molecule has 1 fully saturated rings. The number of carbonyl (C=O) groups is 1. The van der Waals surface area contributed by atoms with Crippen LogP contribution in [0.2, 0.25) is 0 Å². The Labute approximate surface area is 211 Å². The highest BCUT2D eigenvalue weighted by atomic mass is 16.5. The molecule has 1 aliphatic rings. The van der Waals surface area contributed by atoms with Gasteiger partial charge in [0, 0.05) is 28.2 Å². The Kier molecular flexibility index (Phi) is 7.03. The number of rotatable bonds is 7. The molecule has 0 spiro atoms. The van der Waals surface area contributed by atoms with Crippen LogP contribution in [0, 0.1) is 0 Å². The number of H-pyrrole nitrogens is 1. The minimum absolute atomic E-state index is 0.00389. The molecule has 0 aliphatic heterocycles. The summed E-state index contributed by atoms with van der Waals surface area (Å²) in [5.41, 5.74) is 5.09. The number of esters is 1. The van der Waals surface area contributed by atoms with Gasteiger partial charge in [0.25, 0.3) is 0 Å². The van der Waals surface area contributed by atoms with E-state index in [1.165, 1.54) is 32.1 Å². The number of aromatic hydroxyl groups is 1. The summed E-state index contributed by atoms with van der Waals surface area (Å²) in [5, 5.41) is 15.4. The van der Waals surface area contributed by atoms with Crippen LogP contribution in [0.25, 0.3) is 10.9 Å². The van der Waals surface area contributed by atoms with Gasteiger partial charge in [-0.25, -0.2) is 9.79 Å². The molecule has 5 rings (SSSR count). The molecule has 3 N–H and O–H groups in total. The normalized spacial score (nSPS) is 14.6. The third-order valence-corrected chi connectivity index (χ3v) is 6.66. The van der Waals surface area contributed by atoms with Gasteiger partial charge in [-0.3, -0.25) is 0 Å². The number of hydrogen-bond donors (Lipinski definition) is 3. The van der Waals surface area contributed by atoms with Crippen LogP contribution < -0.4 is 5.32 Å². The first-order chi connectivity index (χ1) is 17.6. The Morgan fingerprint density at radius 1 is 1.00 bits per heavy atom. The summed E-state index contributed by atoms with van der Waals surface area (Å²) in [7, 11) is 0. The Morgan fingerprint density at radius 2 is 1.75 bits per heavy atom. The van der Waals surface area contributed by atoms with E-state index in [9.17, 15) is 9.90 Å². The van der Waals surface area contributed by atoms with Crippen molar-refractivity contribution in [1.29, 1.82) is 0 Å². The number of ether oxygens (including phenoxy) is 1. The quantitative estimate of drug-likeness (QED) is 0.197. The van der Waals surface area contributed by atoms with Crippen LogP contribution in [0.15, 0.2) is 77.8 Å². The Hall–Kier alpha value is -4.06. The lowest BCUT2D eigenvalue weighted by Gasteiger charge is -2.23. The second-order valence-electron chi connectivity index (χ2n) is 9.18. The SMILES string of the molecule is CCOC(=O)c1ccc2c(C(=Nc3ccc(NC4CCCCC4)cc3)c3ccccc3)c(O)[nH]c2c1. The number of aliphatic imine (C=N–C) groups is 1. The van der Waals surface area contributed by atoms with Crippen LogP contribution in [0.5, 0.6) is 5.88 Å². The predicted octanol–water partition coefficient (Wildman–Crippen LogP) is 6.96. The van der Waals surface area contributed by atoms with Gasteiger partial charge < -0.3 is 20.1 Å². The van der Waals surface area contributed by atoms with Crippen LogP contribution in [0.4, 0.5) is 11.4 Å². The zero-order valence-electron chi connectivity index (χ0n) is 20.5. The molecule has 1 saturated carbocycles. The summed E-state index contributed by atoms with van der Waals surface area (Å²) in [6, 6.07) is 23.7. The van der Waals surface area contributed by atoms with Gasteiger partial charge in [0.15, 0.2) is 5.88 Å². The number of carbonyl (C=O) groups excluding carboxylic acids is 1. The zero-order chi connectivity index (χ0) is 24.9. The first kappa shape index (κ1) is 23.7. The lowest BCUT2D eigenvalue weighted by Crippen LogP contribution is -2.21. The molecule has 1 heterocycles. The molecule has 1 aliphatic carbocycles. The molecule has 1 aromatic heterocycles. The Morgan fingerprint density at radius 3 is 2.47 bits per heavy atom. The van der Waals surface area contributed by atoms with Crippen LogP contribution in [0.1, 0.15) is 60.5 Å². The van der Waals surface area contributed by atoms with E-state index in [2.05, 4.69) is 22.4 Å². The molecule has 0 saturated heterocycles. The third-order valence-electron chi connectivity index (χ3n) is 6.66. The standard InChI is InChI=1S/C30H31N3O3/c1-2-36-30(35)21-13-18-25-26(19-21)33-29(34)27(25)28(20-9-5-3-6-10-20)32-24-16-14-23(15-17-24)31-22-11-7-4-8-12-22/h3,5-6,9-10,13-19,22,31,33-34H,2,4,7-8,11-12H2,1H3. The summed E-state index contributed by atoms with van der Waals surface area (Å²) in [4.78, 5) is 20.2. The fourth-order valence-electron chi connectivity index (χ4n) is 4.87. The van der Waals surface area contributed by atoms with Gasteiger partial charge in [0.2, 0.25) is 0 Å². The molecule has 184 valence electrons. The van der Waals surface area contributed by atoms with E-state index in [0.29, 0.717) is 35.0 Å². The van der Waals surface area contributed by atoms with Crippen LogP contribution >= 0.6 is 0 Å². The molecule has 0 bridgehead atoms. The van der Waals surface area contributed by atoms with Crippen molar-refractivity contribution in [2.24, 2.45) is 4.99 Å². The number of hydrogen-bond acceptors (Lipinski definition) is 5. The number of nitrogens with zero attached hydrogens (tertiary/aromatic N) is 1. The number of anilines is 1. The lowest BCUT2D eigenvalue weighted by molar-refractivity contribution is 0.0526. The molecule has 6 nitrogen and oxygen atoms in total. The summed E-state index contributed by atoms with van der Waals surface area (Å²) in [5.74, 6) is -0.391. The number of aromatic nitrogens is 1. The van der Waals surface area contributed by atoms with E-state index in [0.717, 1.165) is 22.3 Å². The van der Waals surface area contributed by atoms with Crippen molar-refractivity contribution in [1.82, 2.24) is 4.98 Å². The van der Waals surface area contributed by atoms with Gasteiger partial charge >= 0.3 is 5.97 Å². The molecule has 0 amide bonds. The number of aromatic amines is 1. The molecular weight excluding hydrogens is 450 g/mol. The van der Waals surface area contributed by atoms with E-state index in [1.54, 1.807) is 19.1 Å². The van der Waals surface area contributed by atoms with Gasteiger partial charge in [-0.1, -0.05) is 55.7 Å². The van der Waals surface area contributed by atoms with E-state index >= 15 is 0 Å². The number of fused-ring (bicyclic) bond motifs is 1. The first-order valence-electron chi connectivity index (χ1n) is 12.7. The topological polar surface area (TPSA) is 86.7 Å². The van der Waals surface area contributed by atoms with E-state index < -0.39 is 5.97 Å². The smallest absolute Gasteiger partial charge is 0.338 e. The molecule has 6 heteroatoms. The maximum absolute atomic E-state index is 12.2. The van der Waals surface area contributed by atoms with Crippen molar-refractivity contribution < 1.29 is 14.6 Å². The highest BCUT2D eigenvalue weighted by Crippen LogP contribution is 2.32. The number of nitrogens with one attached hydrogen (secondary N) is 2. The van der Waals surface area contributed by atoms with E-state index in [1.807, 2.05) is 48.5 Å². The summed E-state index contributed by atoms with van der Waals surface area (Å²) in [6.45, 7) is 2.08. The minimum Gasteiger partial charge on any atom is -0.494 e. The third kappa shape index (κ3) is 5.13. The summed E-state index contributed by atoms with van der Waals surface area (Å²) >= 11 is 0. The van der Waals surface area contributed by atoms with Crippen molar-refractivity contribution in [3.8, 4) is 5.88 Å². The fraction of sp³-hybridized carbons (Fsp3) is 0.267. The maximum Gasteiger partial charge on any atom is 0.338 e. The van der Waals surface area contributed by atoms with Crippen LogP contribution in [0.3, 0.4) is 0 Å². The fourth-order valence-corrected chi connectivity index (χ4v) is 4.87. The molecule has 4 aromatic rings. The highest BCUT2D eigenvalue weighted by molar-refractivity contribution is 6.22. The van der Waals surface area contributed by atoms with Crippen molar-refractivity contribution in [2.45, 2.75) is 45.1 Å². The van der Waals surface area contributed by atoms with Crippen molar-refractivity contribution in [3.63, 3.8) is 0 Å².